The highest BCUT2D eigenvalue weighted by atomic mass is 32.2. The third kappa shape index (κ3) is 6.57. The van der Waals surface area contributed by atoms with E-state index in [4.69, 9.17) is 9.47 Å². The van der Waals surface area contributed by atoms with Gasteiger partial charge in [0.15, 0.2) is 0 Å². The molecule has 0 saturated carbocycles. The molecule has 10 heteroatoms. The van der Waals surface area contributed by atoms with Gasteiger partial charge in [0.2, 0.25) is 10.0 Å². The van der Waals surface area contributed by atoms with Crippen molar-refractivity contribution in [2.45, 2.75) is 13.5 Å². The number of benzene rings is 3. The normalized spacial score (nSPS) is 11.0. The standard InChI is InChI=1S/C25H25FN2O6S/c1-4-34-25(30)17-5-10-21(11-6-17)27-24(29)18-7-14-23(33-2)19(15-18)16-28(35(3,31)32)22-12-8-20(26)9-13-22/h5-15H,4,16H2,1-3H3,(H,27,29). The smallest absolute Gasteiger partial charge is 0.338 e. The van der Waals surface area contributed by atoms with Crippen LogP contribution in [0.3, 0.4) is 0 Å². The summed E-state index contributed by atoms with van der Waals surface area (Å²) >= 11 is 0. The molecule has 0 aliphatic carbocycles. The van der Waals surface area contributed by atoms with Crippen LogP contribution in [0.15, 0.2) is 66.7 Å². The Morgan fingerprint density at radius 3 is 2.17 bits per heavy atom. The van der Waals surface area contributed by atoms with E-state index in [2.05, 4.69) is 5.32 Å². The molecule has 3 rings (SSSR count). The zero-order chi connectivity index (χ0) is 25.6. The van der Waals surface area contributed by atoms with Crippen molar-refractivity contribution >= 4 is 33.3 Å². The summed E-state index contributed by atoms with van der Waals surface area (Å²) < 4.78 is 49.7. The van der Waals surface area contributed by atoms with Crippen molar-refractivity contribution in [2.24, 2.45) is 0 Å². The van der Waals surface area contributed by atoms with E-state index in [0.29, 0.717) is 22.6 Å². The number of carbonyl (C=O) groups is 2. The van der Waals surface area contributed by atoms with E-state index in [0.717, 1.165) is 10.6 Å². The molecular formula is C25H25FN2O6S. The molecule has 0 fully saturated rings. The van der Waals surface area contributed by atoms with Crippen LogP contribution in [0.2, 0.25) is 0 Å². The lowest BCUT2D eigenvalue weighted by atomic mass is 10.1. The predicted octanol–water partition coefficient (Wildman–Crippen LogP) is 4.23. The number of hydrogen-bond acceptors (Lipinski definition) is 6. The van der Waals surface area contributed by atoms with E-state index in [1.807, 2.05) is 0 Å². The number of carbonyl (C=O) groups excluding carboxylic acids is 2. The first kappa shape index (κ1) is 25.7. The van der Waals surface area contributed by atoms with Crippen LogP contribution in [-0.4, -0.2) is 40.3 Å². The minimum absolute atomic E-state index is 0.136. The van der Waals surface area contributed by atoms with Gasteiger partial charge >= 0.3 is 5.97 Å². The van der Waals surface area contributed by atoms with Gasteiger partial charge in [-0.1, -0.05) is 0 Å². The molecule has 35 heavy (non-hydrogen) atoms. The topological polar surface area (TPSA) is 102 Å². The summed E-state index contributed by atoms with van der Waals surface area (Å²) in [6.45, 7) is 1.84. The molecule has 0 saturated heterocycles. The second-order valence-electron chi connectivity index (χ2n) is 7.52. The number of nitrogens with zero attached hydrogens (tertiary/aromatic N) is 1. The SMILES string of the molecule is CCOC(=O)c1ccc(NC(=O)c2ccc(OC)c(CN(c3ccc(F)cc3)S(C)(=O)=O)c2)cc1. The molecular weight excluding hydrogens is 475 g/mol. The van der Waals surface area contributed by atoms with Crippen molar-refractivity contribution in [2.75, 3.05) is 29.6 Å². The average molecular weight is 501 g/mol. The Hall–Kier alpha value is -3.92. The van der Waals surface area contributed by atoms with Crippen LogP contribution in [0, 0.1) is 5.82 Å². The van der Waals surface area contributed by atoms with Gasteiger partial charge in [0.25, 0.3) is 5.91 Å². The van der Waals surface area contributed by atoms with Gasteiger partial charge in [0, 0.05) is 16.8 Å². The van der Waals surface area contributed by atoms with Crippen molar-refractivity contribution in [1.29, 1.82) is 0 Å². The van der Waals surface area contributed by atoms with Gasteiger partial charge in [-0.15, -0.1) is 0 Å². The predicted molar refractivity (Wildman–Crippen MR) is 131 cm³/mol. The average Bonchev–Trinajstić information content (AvgIpc) is 2.83. The summed E-state index contributed by atoms with van der Waals surface area (Å²) in [5.41, 5.74) is 1.80. The van der Waals surface area contributed by atoms with Crippen LogP contribution < -0.4 is 14.4 Å². The number of nitrogens with one attached hydrogen (secondary N) is 1. The van der Waals surface area contributed by atoms with Gasteiger partial charge in [-0.3, -0.25) is 9.10 Å². The molecule has 0 spiro atoms. The highest BCUT2D eigenvalue weighted by Gasteiger charge is 2.21. The molecule has 1 N–H and O–H groups in total. The number of methoxy groups -OCH3 is 1. The molecule has 0 aliphatic rings. The first-order valence-electron chi connectivity index (χ1n) is 10.6. The van der Waals surface area contributed by atoms with E-state index in [1.54, 1.807) is 43.3 Å². The first-order valence-corrected chi connectivity index (χ1v) is 12.5. The van der Waals surface area contributed by atoms with Gasteiger partial charge in [-0.05, 0) is 73.7 Å². The van der Waals surface area contributed by atoms with E-state index in [1.165, 1.54) is 37.4 Å². The summed E-state index contributed by atoms with van der Waals surface area (Å²) in [6, 6.07) is 15.9. The van der Waals surface area contributed by atoms with Gasteiger partial charge in [-0.2, -0.15) is 0 Å². The Balaban J connectivity index is 1.85. The fraction of sp³-hybridized carbons (Fsp3) is 0.200. The minimum atomic E-state index is -3.73. The summed E-state index contributed by atoms with van der Waals surface area (Å²) in [7, 11) is -2.30. The van der Waals surface area contributed by atoms with Crippen LogP contribution in [0.5, 0.6) is 5.75 Å². The Kier molecular flexibility index (Phi) is 8.08. The molecule has 0 bridgehead atoms. The molecule has 0 radical (unpaired) electrons. The van der Waals surface area contributed by atoms with Crippen molar-refractivity contribution in [3.63, 3.8) is 0 Å². The van der Waals surface area contributed by atoms with Crippen LogP contribution in [0.1, 0.15) is 33.2 Å². The lowest BCUT2D eigenvalue weighted by Crippen LogP contribution is -2.29. The Morgan fingerprint density at radius 2 is 1.60 bits per heavy atom. The van der Waals surface area contributed by atoms with Crippen molar-refractivity contribution in [1.82, 2.24) is 0 Å². The summed E-state index contributed by atoms with van der Waals surface area (Å²) in [4.78, 5) is 24.6. The van der Waals surface area contributed by atoms with Gasteiger partial charge in [0.1, 0.15) is 11.6 Å². The lowest BCUT2D eigenvalue weighted by molar-refractivity contribution is 0.0526. The van der Waals surface area contributed by atoms with Crippen LogP contribution in [-0.2, 0) is 21.3 Å². The number of anilines is 2. The fourth-order valence-electron chi connectivity index (χ4n) is 3.31. The highest BCUT2D eigenvalue weighted by molar-refractivity contribution is 7.92. The molecule has 0 aliphatic heterocycles. The number of sulfonamides is 1. The van der Waals surface area contributed by atoms with Crippen molar-refractivity contribution < 1.29 is 31.9 Å². The monoisotopic (exact) mass is 500 g/mol. The van der Waals surface area contributed by atoms with Crippen molar-refractivity contribution in [3.05, 3.63) is 89.2 Å². The summed E-state index contributed by atoms with van der Waals surface area (Å²) in [6.07, 6.45) is 1.04. The van der Waals surface area contributed by atoms with E-state index in [9.17, 15) is 22.4 Å². The number of halogens is 1. The molecule has 0 unspecified atom stereocenters. The highest BCUT2D eigenvalue weighted by Crippen LogP contribution is 2.27. The van der Waals surface area contributed by atoms with E-state index >= 15 is 0 Å². The lowest BCUT2D eigenvalue weighted by Gasteiger charge is -2.24. The van der Waals surface area contributed by atoms with Gasteiger partial charge in [0.05, 0.1) is 37.8 Å². The van der Waals surface area contributed by atoms with Gasteiger partial charge in [-0.25, -0.2) is 17.6 Å². The number of amides is 1. The zero-order valence-electron chi connectivity index (χ0n) is 19.4. The largest absolute Gasteiger partial charge is 0.496 e. The quantitative estimate of drug-likeness (QED) is 0.441. The first-order chi connectivity index (χ1) is 16.6. The Labute approximate surface area is 203 Å². The number of esters is 1. The third-order valence-corrected chi connectivity index (χ3v) is 6.17. The molecule has 8 nitrogen and oxygen atoms in total. The third-order valence-electron chi connectivity index (χ3n) is 5.03. The second-order valence-corrected chi connectivity index (χ2v) is 9.43. The number of ether oxygens (including phenoxy) is 2. The summed E-state index contributed by atoms with van der Waals surface area (Å²) in [5.74, 6) is -1.00. The number of rotatable bonds is 9. The minimum Gasteiger partial charge on any atom is -0.496 e. The summed E-state index contributed by atoms with van der Waals surface area (Å²) in [5, 5.41) is 2.74. The van der Waals surface area contributed by atoms with Crippen molar-refractivity contribution in [3.8, 4) is 5.75 Å². The molecule has 0 heterocycles. The molecule has 3 aromatic rings. The van der Waals surface area contributed by atoms with Crippen LogP contribution >= 0.6 is 0 Å². The van der Waals surface area contributed by atoms with E-state index in [-0.39, 0.29) is 24.4 Å². The van der Waals surface area contributed by atoms with Crippen LogP contribution in [0.25, 0.3) is 0 Å². The maximum absolute atomic E-state index is 13.4. The maximum atomic E-state index is 13.4. The molecule has 0 atom stereocenters. The molecule has 1 amide bonds. The molecule has 0 aromatic heterocycles. The Morgan fingerprint density at radius 1 is 0.971 bits per heavy atom. The van der Waals surface area contributed by atoms with E-state index < -0.39 is 27.7 Å². The van der Waals surface area contributed by atoms with Crippen LogP contribution in [0.4, 0.5) is 15.8 Å². The molecule has 3 aromatic carbocycles. The fourth-order valence-corrected chi connectivity index (χ4v) is 4.19. The second kappa shape index (κ2) is 11.0. The molecule has 184 valence electrons. The number of hydrogen-bond donors (Lipinski definition) is 1. The zero-order valence-corrected chi connectivity index (χ0v) is 20.3. The van der Waals surface area contributed by atoms with Gasteiger partial charge < -0.3 is 14.8 Å². The Bertz CT molecular complexity index is 1310. The maximum Gasteiger partial charge on any atom is 0.338 e.